The van der Waals surface area contributed by atoms with Crippen molar-refractivity contribution in [3.05, 3.63) is 66.4 Å². The Morgan fingerprint density at radius 2 is 2.07 bits per heavy atom. The minimum Gasteiger partial charge on any atom is -0.379 e. The Bertz CT molecular complexity index is 891. The lowest BCUT2D eigenvalue weighted by atomic mass is 10.1. The van der Waals surface area contributed by atoms with Crippen molar-refractivity contribution in [3.8, 4) is 0 Å². The van der Waals surface area contributed by atoms with Gasteiger partial charge in [-0.3, -0.25) is 14.6 Å². The third-order valence-electron chi connectivity index (χ3n) is 4.00. The lowest BCUT2D eigenvalue weighted by Crippen LogP contribution is -2.42. The molecule has 2 aromatic rings. The van der Waals surface area contributed by atoms with Gasteiger partial charge < -0.3 is 15.0 Å². The molecule has 0 aliphatic rings. The molecule has 3 N–H and O–H groups in total. The number of aromatic nitrogens is 2. The molecule has 1 amide bonds. The molecule has 7 nitrogen and oxygen atoms in total. The van der Waals surface area contributed by atoms with Crippen molar-refractivity contribution in [1.82, 2.24) is 15.3 Å². The number of hydrogen-bond acceptors (Lipinski definition) is 4. The standard InChI is InChI=1S/C19H24BrN3O4/c1-3-7-27-11-15(9-13-5-4-6-14(20)8-13)22-17(24)10-16-12(2)21-19(26)23-18(16)25/h4-6,8,15H,3,7,9-11H2,1-2H3,(H,22,24)(H2,21,23,25,26). The third-order valence-corrected chi connectivity index (χ3v) is 4.49. The van der Waals surface area contributed by atoms with Crippen LogP contribution < -0.4 is 16.6 Å². The molecule has 27 heavy (non-hydrogen) atoms. The summed E-state index contributed by atoms with van der Waals surface area (Å²) in [5, 5.41) is 2.94. The normalized spacial score (nSPS) is 12.0. The van der Waals surface area contributed by atoms with Gasteiger partial charge in [-0.25, -0.2) is 4.79 Å². The summed E-state index contributed by atoms with van der Waals surface area (Å²) in [5.41, 5.74) is 0.583. The molecule has 0 spiro atoms. The van der Waals surface area contributed by atoms with E-state index in [2.05, 4.69) is 31.2 Å². The molecule has 1 heterocycles. The first-order valence-electron chi connectivity index (χ1n) is 8.82. The Kier molecular flexibility index (Phi) is 7.99. The summed E-state index contributed by atoms with van der Waals surface area (Å²) in [6.07, 6.45) is 1.39. The maximum Gasteiger partial charge on any atom is 0.325 e. The number of nitrogens with one attached hydrogen (secondary N) is 3. The molecule has 2 rings (SSSR count). The van der Waals surface area contributed by atoms with E-state index < -0.39 is 11.2 Å². The van der Waals surface area contributed by atoms with Gasteiger partial charge in [-0.1, -0.05) is 35.0 Å². The number of aromatic amines is 2. The second-order valence-electron chi connectivity index (χ2n) is 6.36. The van der Waals surface area contributed by atoms with Crippen LogP contribution in [0.4, 0.5) is 0 Å². The summed E-state index contributed by atoms with van der Waals surface area (Å²) in [7, 11) is 0. The fraction of sp³-hybridized carbons (Fsp3) is 0.421. The van der Waals surface area contributed by atoms with Crippen molar-refractivity contribution < 1.29 is 9.53 Å². The molecule has 8 heteroatoms. The van der Waals surface area contributed by atoms with Crippen molar-refractivity contribution in [3.63, 3.8) is 0 Å². The van der Waals surface area contributed by atoms with Crippen molar-refractivity contribution in [2.24, 2.45) is 0 Å². The Morgan fingerprint density at radius 1 is 1.30 bits per heavy atom. The number of H-pyrrole nitrogens is 2. The Balaban J connectivity index is 2.08. The molecule has 0 aliphatic heterocycles. The number of carbonyl (C=O) groups excluding carboxylic acids is 1. The Morgan fingerprint density at radius 3 is 2.74 bits per heavy atom. The quantitative estimate of drug-likeness (QED) is 0.520. The lowest BCUT2D eigenvalue weighted by molar-refractivity contribution is -0.121. The third kappa shape index (κ3) is 6.80. The van der Waals surface area contributed by atoms with E-state index in [1.54, 1.807) is 6.92 Å². The number of benzene rings is 1. The maximum atomic E-state index is 12.5. The van der Waals surface area contributed by atoms with E-state index in [1.165, 1.54) is 0 Å². The van der Waals surface area contributed by atoms with Gasteiger partial charge in [-0.05, 0) is 37.5 Å². The van der Waals surface area contributed by atoms with Crippen LogP contribution in [0, 0.1) is 6.92 Å². The van der Waals surface area contributed by atoms with E-state index in [-0.39, 0.29) is 23.9 Å². The monoisotopic (exact) mass is 437 g/mol. The van der Waals surface area contributed by atoms with E-state index in [1.807, 2.05) is 31.2 Å². The average Bonchev–Trinajstić information content (AvgIpc) is 2.58. The minimum absolute atomic E-state index is 0.110. The summed E-state index contributed by atoms with van der Waals surface area (Å²) >= 11 is 3.45. The molecule has 1 unspecified atom stereocenters. The van der Waals surface area contributed by atoms with E-state index in [4.69, 9.17) is 4.74 Å². The summed E-state index contributed by atoms with van der Waals surface area (Å²) in [6.45, 7) is 4.62. The van der Waals surface area contributed by atoms with Crippen LogP contribution in [0.15, 0.2) is 38.3 Å². The molecule has 0 saturated heterocycles. The number of aryl methyl sites for hydroxylation is 1. The van der Waals surface area contributed by atoms with E-state index in [9.17, 15) is 14.4 Å². The second kappa shape index (κ2) is 10.2. The number of ether oxygens (including phenoxy) is 1. The van der Waals surface area contributed by atoms with Crippen molar-refractivity contribution in [2.75, 3.05) is 13.2 Å². The second-order valence-corrected chi connectivity index (χ2v) is 7.28. The van der Waals surface area contributed by atoms with Crippen LogP contribution in [0.5, 0.6) is 0 Å². The zero-order chi connectivity index (χ0) is 19.8. The molecule has 0 saturated carbocycles. The molecule has 146 valence electrons. The van der Waals surface area contributed by atoms with Crippen LogP contribution in [0.2, 0.25) is 0 Å². The van der Waals surface area contributed by atoms with Gasteiger partial charge >= 0.3 is 5.69 Å². The number of amides is 1. The number of rotatable bonds is 9. The minimum atomic E-state index is -0.581. The molecular formula is C19H24BrN3O4. The first-order valence-corrected chi connectivity index (χ1v) is 9.62. The highest BCUT2D eigenvalue weighted by atomic mass is 79.9. The van der Waals surface area contributed by atoms with E-state index >= 15 is 0 Å². The summed E-state index contributed by atoms with van der Waals surface area (Å²) in [6, 6.07) is 7.64. The smallest absolute Gasteiger partial charge is 0.325 e. The van der Waals surface area contributed by atoms with Crippen molar-refractivity contribution in [2.45, 2.75) is 39.2 Å². The van der Waals surface area contributed by atoms with Gasteiger partial charge in [0.05, 0.1) is 19.1 Å². The first kappa shape index (κ1) is 21.1. The molecule has 0 radical (unpaired) electrons. The van der Waals surface area contributed by atoms with Crippen LogP contribution in [0.25, 0.3) is 0 Å². The van der Waals surface area contributed by atoms with Crippen LogP contribution in [0.3, 0.4) is 0 Å². The fourth-order valence-electron chi connectivity index (χ4n) is 2.75. The van der Waals surface area contributed by atoms with Crippen LogP contribution in [-0.2, 0) is 22.4 Å². The molecular weight excluding hydrogens is 414 g/mol. The number of halogens is 1. The molecule has 1 aromatic carbocycles. The summed E-state index contributed by atoms with van der Waals surface area (Å²) in [4.78, 5) is 40.3. The van der Waals surface area contributed by atoms with E-state index in [0.717, 1.165) is 16.5 Å². The predicted octanol–water partition coefficient (Wildman–Crippen LogP) is 1.83. The Hall–Kier alpha value is -2.19. The Labute approximate surface area is 165 Å². The van der Waals surface area contributed by atoms with Crippen molar-refractivity contribution >= 4 is 21.8 Å². The van der Waals surface area contributed by atoms with Crippen LogP contribution in [0.1, 0.15) is 30.2 Å². The van der Waals surface area contributed by atoms with Gasteiger partial charge in [0.1, 0.15) is 0 Å². The topological polar surface area (TPSA) is 104 Å². The lowest BCUT2D eigenvalue weighted by Gasteiger charge is -2.19. The molecule has 0 bridgehead atoms. The number of carbonyl (C=O) groups is 1. The van der Waals surface area contributed by atoms with Crippen LogP contribution in [-0.4, -0.2) is 35.1 Å². The number of hydrogen-bond donors (Lipinski definition) is 3. The van der Waals surface area contributed by atoms with Gasteiger partial charge in [0.25, 0.3) is 5.56 Å². The fourth-order valence-corrected chi connectivity index (χ4v) is 3.19. The predicted molar refractivity (Wildman–Crippen MR) is 107 cm³/mol. The van der Waals surface area contributed by atoms with Gasteiger partial charge in [0.2, 0.25) is 5.91 Å². The first-order chi connectivity index (χ1) is 12.9. The highest BCUT2D eigenvalue weighted by molar-refractivity contribution is 9.10. The molecule has 0 aliphatic carbocycles. The van der Waals surface area contributed by atoms with Gasteiger partial charge in [0.15, 0.2) is 0 Å². The summed E-state index contributed by atoms with van der Waals surface area (Å²) < 4.78 is 6.59. The van der Waals surface area contributed by atoms with Crippen LogP contribution >= 0.6 is 15.9 Å². The SMILES string of the molecule is CCCOCC(Cc1cccc(Br)c1)NC(=O)Cc1c(C)[nH]c(=O)[nH]c1=O. The molecule has 0 fully saturated rings. The van der Waals surface area contributed by atoms with Gasteiger partial charge in [-0.15, -0.1) is 0 Å². The average molecular weight is 438 g/mol. The van der Waals surface area contributed by atoms with E-state index in [0.29, 0.717) is 25.3 Å². The van der Waals surface area contributed by atoms with Gasteiger partial charge in [-0.2, -0.15) is 0 Å². The largest absolute Gasteiger partial charge is 0.379 e. The maximum absolute atomic E-state index is 12.5. The van der Waals surface area contributed by atoms with Crippen molar-refractivity contribution in [1.29, 1.82) is 0 Å². The highest BCUT2D eigenvalue weighted by Gasteiger charge is 2.17. The summed E-state index contributed by atoms with van der Waals surface area (Å²) in [5.74, 6) is -0.296. The highest BCUT2D eigenvalue weighted by Crippen LogP contribution is 2.13. The molecule has 1 aromatic heterocycles. The van der Waals surface area contributed by atoms with Gasteiger partial charge in [0, 0.05) is 22.3 Å². The zero-order valence-corrected chi connectivity index (χ0v) is 17.0. The molecule has 1 atom stereocenters. The zero-order valence-electron chi connectivity index (χ0n) is 15.4.